The number of carbonyl (C=O) groups excluding carboxylic acids is 2. The number of nitrogens with zero attached hydrogens (tertiary/aromatic N) is 1. The van der Waals surface area contributed by atoms with Crippen molar-refractivity contribution in [2.24, 2.45) is 0 Å². The summed E-state index contributed by atoms with van der Waals surface area (Å²) in [6.45, 7) is 3.90. The van der Waals surface area contributed by atoms with Gasteiger partial charge in [0.25, 0.3) is 5.91 Å². The van der Waals surface area contributed by atoms with Crippen molar-refractivity contribution in [2.75, 3.05) is 10.2 Å². The Morgan fingerprint density at radius 2 is 2.00 bits per heavy atom. The minimum Gasteiger partial charge on any atom is -0.461 e. The molecule has 0 spiro atoms. The smallest absolute Gasteiger partial charge is 0.259 e. The molecule has 2 heterocycles. The van der Waals surface area contributed by atoms with Crippen molar-refractivity contribution in [3.8, 4) is 0 Å². The number of aryl methyl sites for hydroxylation is 1. The lowest BCUT2D eigenvalue weighted by atomic mass is 10.1. The Balaban J connectivity index is 1.62. The highest BCUT2D eigenvalue weighted by Crippen LogP contribution is 2.29. The van der Waals surface area contributed by atoms with Gasteiger partial charge in [-0.3, -0.25) is 9.59 Å². The van der Waals surface area contributed by atoms with Crippen LogP contribution in [0.5, 0.6) is 0 Å². The van der Waals surface area contributed by atoms with Crippen LogP contribution < -0.4 is 10.2 Å². The summed E-state index contributed by atoms with van der Waals surface area (Å²) in [6, 6.07) is 15.0. The average Bonchev–Trinajstić information content (AvgIpc) is 3.15. The van der Waals surface area contributed by atoms with E-state index in [2.05, 4.69) is 5.32 Å². The summed E-state index contributed by atoms with van der Waals surface area (Å²) in [4.78, 5) is 26.7. The molecule has 132 valence electrons. The standard InChI is InChI=1S/C21H20N2O3/c1-13-9-10-19(24)23(13)17-7-4-6-16(12-17)22-21(25)18-8-3-5-15-11-14(2)26-20(15)18/h3-8,11-13H,9-10H2,1-2H3,(H,22,25). The van der Waals surface area contributed by atoms with Gasteiger partial charge in [0.15, 0.2) is 0 Å². The normalized spacial score (nSPS) is 17.1. The Labute approximate surface area is 151 Å². The quantitative estimate of drug-likeness (QED) is 0.757. The van der Waals surface area contributed by atoms with Gasteiger partial charge in [-0.2, -0.15) is 0 Å². The van der Waals surface area contributed by atoms with Crippen molar-refractivity contribution in [3.63, 3.8) is 0 Å². The van der Waals surface area contributed by atoms with Gasteiger partial charge < -0.3 is 14.6 Å². The second kappa shape index (κ2) is 6.33. The minimum absolute atomic E-state index is 0.122. The molecule has 1 aliphatic heterocycles. The lowest BCUT2D eigenvalue weighted by molar-refractivity contribution is -0.117. The van der Waals surface area contributed by atoms with Crippen molar-refractivity contribution in [1.29, 1.82) is 0 Å². The van der Waals surface area contributed by atoms with E-state index in [1.165, 1.54) is 0 Å². The molecule has 1 saturated heterocycles. The van der Waals surface area contributed by atoms with Crippen LogP contribution in [0.1, 0.15) is 35.9 Å². The molecule has 4 rings (SSSR count). The Kier molecular flexibility index (Phi) is 3.99. The summed E-state index contributed by atoms with van der Waals surface area (Å²) in [7, 11) is 0. The van der Waals surface area contributed by atoms with E-state index in [1.807, 2.05) is 56.3 Å². The van der Waals surface area contributed by atoms with Crippen molar-refractivity contribution < 1.29 is 14.0 Å². The number of hydrogen-bond donors (Lipinski definition) is 1. The molecule has 1 fully saturated rings. The summed E-state index contributed by atoms with van der Waals surface area (Å²) < 4.78 is 5.68. The number of furan rings is 1. The Bertz CT molecular complexity index is 1010. The first kappa shape index (κ1) is 16.4. The molecule has 2 amide bonds. The second-order valence-electron chi connectivity index (χ2n) is 6.74. The summed E-state index contributed by atoms with van der Waals surface area (Å²) in [5.74, 6) is 0.656. The summed E-state index contributed by atoms with van der Waals surface area (Å²) in [5.41, 5.74) is 2.54. The predicted octanol–water partition coefficient (Wildman–Crippen LogP) is 4.51. The SMILES string of the molecule is Cc1cc2cccc(C(=O)Nc3cccc(N4C(=O)CCC4C)c3)c2o1. The topological polar surface area (TPSA) is 62.6 Å². The molecule has 1 aliphatic rings. The van der Waals surface area contributed by atoms with Gasteiger partial charge in [-0.15, -0.1) is 0 Å². The molecule has 2 aromatic carbocycles. The van der Waals surface area contributed by atoms with Gasteiger partial charge in [0, 0.05) is 29.2 Å². The Morgan fingerprint density at radius 3 is 2.77 bits per heavy atom. The zero-order chi connectivity index (χ0) is 18.3. The summed E-state index contributed by atoms with van der Waals surface area (Å²) in [5, 5.41) is 3.82. The predicted molar refractivity (Wildman–Crippen MR) is 102 cm³/mol. The lowest BCUT2D eigenvalue weighted by Crippen LogP contribution is -2.30. The fourth-order valence-electron chi connectivity index (χ4n) is 3.53. The molecule has 0 radical (unpaired) electrons. The molecule has 1 unspecified atom stereocenters. The van der Waals surface area contributed by atoms with Crippen LogP contribution in [0.3, 0.4) is 0 Å². The molecule has 0 aliphatic carbocycles. The molecule has 5 heteroatoms. The van der Waals surface area contributed by atoms with Crippen molar-refractivity contribution in [2.45, 2.75) is 32.7 Å². The van der Waals surface area contributed by atoms with Crippen LogP contribution in [0.25, 0.3) is 11.0 Å². The fourth-order valence-corrected chi connectivity index (χ4v) is 3.53. The fraction of sp³-hybridized carbons (Fsp3) is 0.238. The summed E-state index contributed by atoms with van der Waals surface area (Å²) >= 11 is 0. The van der Waals surface area contributed by atoms with E-state index >= 15 is 0 Å². The van der Waals surface area contributed by atoms with E-state index < -0.39 is 0 Å². The maximum absolute atomic E-state index is 12.7. The van der Waals surface area contributed by atoms with Crippen molar-refractivity contribution in [1.82, 2.24) is 0 Å². The third-order valence-electron chi connectivity index (χ3n) is 4.78. The van der Waals surface area contributed by atoms with Crippen molar-refractivity contribution in [3.05, 3.63) is 59.9 Å². The number of amides is 2. The number of carbonyl (C=O) groups is 2. The monoisotopic (exact) mass is 348 g/mol. The van der Waals surface area contributed by atoms with Gasteiger partial charge in [-0.1, -0.05) is 18.2 Å². The van der Waals surface area contributed by atoms with E-state index in [4.69, 9.17) is 4.42 Å². The third kappa shape index (κ3) is 2.86. The number of anilines is 2. The largest absolute Gasteiger partial charge is 0.461 e. The van der Waals surface area contributed by atoms with Gasteiger partial charge in [0.05, 0.1) is 5.56 Å². The Morgan fingerprint density at radius 1 is 1.19 bits per heavy atom. The minimum atomic E-state index is -0.233. The van der Waals surface area contributed by atoms with E-state index in [0.717, 1.165) is 23.3 Å². The first-order chi connectivity index (χ1) is 12.5. The van der Waals surface area contributed by atoms with Crippen LogP contribution in [0.15, 0.2) is 52.9 Å². The van der Waals surface area contributed by atoms with Gasteiger partial charge >= 0.3 is 0 Å². The number of para-hydroxylation sites is 1. The van der Waals surface area contributed by atoms with E-state index in [-0.39, 0.29) is 17.9 Å². The zero-order valence-electron chi connectivity index (χ0n) is 14.8. The third-order valence-corrected chi connectivity index (χ3v) is 4.78. The number of rotatable bonds is 3. The van der Waals surface area contributed by atoms with Crippen LogP contribution in [0.2, 0.25) is 0 Å². The molecule has 26 heavy (non-hydrogen) atoms. The van der Waals surface area contributed by atoms with Gasteiger partial charge in [-0.25, -0.2) is 0 Å². The molecule has 0 saturated carbocycles. The summed E-state index contributed by atoms with van der Waals surface area (Å²) in [6.07, 6.45) is 1.42. The van der Waals surface area contributed by atoms with Crippen LogP contribution >= 0.6 is 0 Å². The van der Waals surface area contributed by atoms with Crippen LogP contribution in [-0.2, 0) is 4.79 Å². The van der Waals surface area contributed by atoms with E-state index in [0.29, 0.717) is 23.3 Å². The molecule has 1 atom stereocenters. The Hall–Kier alpha value is -3.08. The molecule has 1 aromatic heterocycles. The molecular weight excluding hydrogens is 328 g/mol. The molecule has 1 N–H and O–H groups in total. The average molecular weight is 348 g/mol. The number of hydrogen-bond acceptors (Lipinski definition) is 3. The first-order valence-corrected chi connectivity index (χ1v) is 8.75. The van der Waals surface area contributed by atoms with Gasteiger partial charge in [0.2, 0.25) is 5.91 Å². The number of nitrogens with one attached hydrogen (secondary N) is 1. The highest BCUT2D eigenvalue weighted by molar-refractivity contribution is 6.11. The number of fused-ring (bicyclic) bond motifs is 1. The number of benzene rings is 2. The van der Waals surface area contributed by atoms with Crippen LogP contribution in [0.4, 0.5) is 11.4 Å². The maximum atomic E-state index is 12.7. The second-order valence-corrected chi connectivity index (χ2v) is 6.74. The van der Waals surface area contributed by atoms with Gasteiger partial charge in [-0.05, 0) is 50.6 Å². The van der Waals surface area contributed by atoms with Crippen molar-refractivity contribution >= 4 is 34.2 Å². The first-order valence-electron chi connectivity index (χ1n) is 8.75. The highest BCUT2D eigenvalue weighted by Gasteiger charge is 2.28. The molecule has 0 bridgehead atoms. The van der Waals surface area contributed by atoms with E-state index in [9.17, 15) is 9.59 Å². The molecule has 3 aromatic rings. The van der Waals surface area contributed by atoms with Crippen LogP contribution in [-0.4, -0.2) is 17.9 Å². The molecular formula is C21H20N2O3. The van der Waals surface area contributed by atoms with Crippen LogP contribution in [0, 0.1) is 6.92 Å². The zero-order valence-corrected chi connectivity index (χ0v) is 14.8. The lowest BCUT2D eigenvalue weighted by Gasteiger charge is -2.22. The maximum Gasteiger partial charge on any atom is 0.259 e. The molecule has 5 nitrogen and oxygen atoms in total. The highest BCUT2D eigenvalue weighted by atomic mass is 16.3. The van der Waals surface area contributed by atoms with E-state index in [1.54, 1.807) is 11.0 Å². The van der Waals surface area contributed by atoms with Gasteiger partial charge in [0.1, 0.15) is 11.3 Å².